The Morgan fingerprint density at radius 3 is 2.88 bits per heavy atom. The molecule has 0 spiro atoms. The Bertz CT molecular complexity index is 871. The number of methoxy groups -OCH3 is 1. The summed E-state index contributed by atoms with van der Waals surface area (Å²) < 4.78 is 5.20. The van der Waals surface area contributed by atoms with Crippen LogP contribution in [0, 0.1) is 0 Å². The van der Waals surface area contributed by atoms with Gasteiger partial charge in [-0.25, -0.2) is 4.79 Å². The molecule has 25 heavy (non-hydrogen) atoms. The van der Waals surface area contributed by atoms with E-state index in [-0.39, 0.29) is 5.41 Å². The topological polar surface area (TPSA) is 58.9 Å². The van der Waals surface area contributed by atoms with Crippen LogP contribution in [-0.4, -0.2) is 23.9 Å². The summed E-state index contributed by atoms with van der Waals surface area (Å²) in [6, 6.07) is 13.7. The normalized spacial score (nSPS) is 21.2. The first-order chi connectivity index (χ1) is 12.1. The predicted octanol–water partition coefficient (Wildman–Crippen LogP) is 4.53. The smallest absolute Gasteiger partial charge is 0.336 e. The van der Waals surface area contributed by atoms with Gasteiger partial charge in [0.1, 0.15) is 5.75 Å². The molecule has 1 unspecified atom stereocenters. The number of hydrogen-bond acceptors (Lipinski definition) is 3. The quantitative estimate of drug-likeness (QED) is 0.893. The Morgan fingerprint density at radius 1 is 1.24 bits per heavy atom. The molecule has 0 bridgehead atoms. The summed E-state index contributed by atoms with van der Waals surface area (Å²) in [5.74, 6) is -0.339. The van der Waals surface area contributed by atoms with Crippen LogP contribution in [-0.2, 0) is 11.8 Å². The average Bonchev–Trinajstić information content (AvgIpc) is 2.96. The lowest BCUT2D eigenvalue weighted by Crippen LogP contribution is -2.38. The highest BCUT2D eigenvalue weighted by molar-refractivity contribution is 6.03. The van der Waals surface area contributed by atoms with E-state index in [1.165, 1.54) is 11.3 Å². The molecule has 1 atom stereocenters. The van der Waals surface area contributed by atoms with E-state index in [1.54, 1.807) is 13.2 Å². The van der Waals surface area contributed by atoms with E-state index >= 15 is 0 Å². The Hall–Kier alpha value is -2.62. The number of hydrogen-bond donors (Lipinski definition) is 1. The highest BCUT2D eigenvalue weighted by Crippen LogP contribution is 2.49. The highest BCUT2D eigenvalue weighted by Gasteiger charge is 2.44. The van der Waals surface area contributed by atoms with Crippen molar-refractivity contribution in [3.63, 3.8) is 0 Å². The number of rotatable bonds is 4. The van der Waals surface area contributed by atoms with E-state index in [2.05, 4.69) is 18.2 Å². The van der Waals surface area contributed by atoms with Crippen molar-refractivity contribution in [2.75, 3.05) is 7.11 Å². The fourth-order valence-electron chi connectivity index (χ4n) is 4.32. The third kappa shape index (κ3) is 2.53. The van der Waals surface area contributed by atoms with E-state index in [9.17, 15) is 9.90 Å². The molecule has 4 rings (SSSR count). The average molecular weight is 335 g/mol. The standard InChI is InChI=1S/C21H21NO3/c1-25-15-10-9-14(16(12-15)20(23)24)13-21-11-5-4-8-19(21)22-18-7-3-2-6-17(18)21/h2-3,6-7,9-10,12H,4-5,8,11,13H2,1H3,(H,23,24). The molecule has 2 aliphatic rings. The second kappa shape index (κ2) is 6.03. The molecule has 4 heteroatoms. The maximum Gasteiger partial charge on any atom is 0.336 e. The maximum absolute atomic E-state index is 11.8. The number of fused-ring (bicyclic) bond motifs is 3. The number of ether oxygens (including phenoxy) is 1. The summed E-state index contributed by atoms with van der Waals surface area (Å²) in [5.41, 5.74) is 4.52. The van der Waals surface area contributed by atoms with Gasteiger partial charge in [0.25, 0.3) is 0 Å². The van der Waals surface area contributed by atoms with Gasteiger partial charge >= 0.3 is 5.97 Å². The van der Waals surface area contributed by atoms with Crippen molar-refractivity contribution in [2.45, 2.75) is 37.5 Å². The molecule has 1 aliphatic carbocycles. The van der Waals surface area contributed by atoms with E-state index in [0.717, 1.165) is 36.9 Å². The molecule has 1 heterocycles. The van der Waals surface area contributed by atoms with Crippen molar-refractivity contribution >= 4 is 17.4 Å². The van der Waals surface area contributed by atoms with Gasteiger partial charge in [0.05, 0.1) is 18.4 Å². The molecule has 1 aliphatic heterocycles. The number of benzene rings is 2. The summed E-state index contributed by atoms with van der Waals surface area (Å²) in [4.78, 5) is 16.7. The van der Waals surface area contributed by atoms with Gasteiger partial charge in [-0.3, -0.25) is 4.99 Å². The monoisotopic (exact) mass is 335 g/mol. The third-order valence-corrected chi connectivity index (χ3v) is 5.53. The van der Waals surface area contributed by atoms with Crippen molar-refractivity contribution in [3.8, 4) is 5.75 Å². The lowest BCUT2D eigenvalue weighted by Gasteiger charge is -2.36. The summed E-state index contributed by atoms with van der Waals surface area (Å²) in [6.45, 7) is 0. The SMILES string of the molecule is COc1ccc(CC23CCCCC2=Nc2ccccc23)c(C(=O)O)c1. The van der Waals surface area contributed by atoms with E-state index in [1.807, 2.05) is 18.2 Å². The molecular formula is C21H21NO3. The number of carbonyl (C=O) groups is 1. The van der Waals surface area contributed by atoms with Gasteiger partial charge in [-0.1, -0.05) is 30.7 Å². The third-order valence-electron chi connectivity index (χ3n) is 5.53. The Morgan fingerprint density at radius 2 is 2.08 bits per heavy atom. The largest absolute Gasteiger partial charge is 0.497 e. The van der Waals surface area contributed by atoms with Gasteiger partial charge in [-0.2, -0.15) is 0 Å². The molecular weight excluding hydrogens is 314 g/mol. The van der Waals surface area contributed by atoms with Gasteiger partial charge in [0, 0.05) is 11.1 Å². The van der Waals surface area contributed by atoms with Crippen LogP contribution in [0.2, 0.25) is 0 Å². The lowest BCUT2D eigenvalue weighted by molar-refractivity contribution is 0.0695. The number of para-hydroxylation sites is 1. The Labute approximate surface area is 147 Å². The van der Waals surface area contributed by atoms with Crippen LogP contribution in [0.5, 0.6) is 5.75 Å². The lowest BCUT2D eigenvalue weighted by atomic mass is 9.65. The minimum absolute atomic E-state index is 0.159. The van der Waals surface area contributed by atoms with Crippen LogP contribution in [0.25, 0.3) is 0 Å². The van der Waals surface area contributed by atoms with Crippen LogP contribution >= 0.6 is 0 Å². The zero-order valence-electron chi connectivity index (χ0n) is 14.3. The summed E-state index contributed by atoms with van der Waals surface area (Å²) in [7, 11) is 1.55. The Kier molecular flexibility index (Phi) is 3.83. The van der Waals surface area contributed by atoms with Crippen LogP contribution < -0.4 is 4.74 Å². The van der Waals surface area contributed by atoms with Crippen molar-refractivity contribution in [1.82, 2.24) is 0 Å². The number of carboxylic acid groups (broad SMARTS) is 1. The molecule has 0 aromatic heterocycles. The first-order valence-corrected chi connectivity index (χ1v) is 8.72. The number of aromatic carboxylic acids is 1. The fourth-order valence-corrected chi connectivity index (χ4v) is 4.32. The van der Waals surface area contributed by atoms with Gasteiger partial charge in [-0.15, -0.1) is 0 Å². The van der Waals surface area contributed by atoms with Gasteiger partial charge in [-0.05, 0) is 55.0 Å². The van der Waals surface area contributed by atoms with Crippen LogP contribution in [0.1, 0.15) is 47.2 Å². The zero-order chi connectivity index (χ0) is 17.4. The molecule has 1 fully saturated rings. The number of aliphatic imine (C=N–C) groups is 1. The fraction of sp³-hybridized carbons (Fsp3) is 0.333. The summed E-state index contributed by atoms with van der Waals surface area (Å²) in [5, 5.41) is 9.66. The van der Waals surface area contributed by atoms with Gasteiger partial charge in [0.2, 0.25) is 0 Å². The van der Waals surface area contributed by atoms with Crippen LogP contribution in [0.4, 0.5) is 5.69 Å². The molecule has 2 aromatic rings. The molecule has 4 nitrogen and oxygen atoms in total. The van der Waals surface area contributed by atoms with Crippen LogP contribution in [0.3, 0.4) is 0 Å². The second-order valence-corrected chi connectivity index (χ2v) is 6.87. The number of nitrogens with zero attached hydrogens (tertiary/aromatic N) is 1. The molecule has 0 amide bonds. The highest BCUT2D eigenvalue weighted by atomic mass is 16.5. The van der Waals surface area contributed by atoms with E-state index in [0.29, 0.717) is 17.7 Å². The minimum Gasteiger partial charge on any atom is -0.497 e. The van der Waals surface area contributed by atoms with Gasteiger partial charge in [0.15, 0.2) is 0 Å². The summed E-state index contributed by atoms with van der Waals surface area (Å²) >= 11 is 0. The molecule has 2 aromatic carbocycles. The molecule has 1 saturated carbocycles. The first-order valence-electron chi connectivity index (χ1n) is 8.72. The zero-order valence-corrected chi connectivity index (χ0v) is 14.3. The summed E-state index contributed by atoms with van der Waals surface area (Å²) in [6.07, 6.45) is 4.99. The van der Waals surface area contributed by atoms with Crippen LogP contribution in [0.15, 0.2) is 47.5 Å². The van der Waals surface area contributed by atoms with Crippen molar-refractivity contribution < 1.29 is 14.6 Å². The minimum atomic E-state index is -0.911. The Balaban J connectivity index is 1.81. The van der Waals surface area contributed by atoms with E-state index < -0.39 is 5.97 Å². The van der Waals surface area contributed by atoms with Gasteiger partial charge < -0.3 is 9.84 Å². The molecule has 1 N–H and O–H groups in total. The van der Waals surface area contributed by atoms with Crippen molar-refractivity contribution in [2.24, 2.45) is 4.99 Å². The molecule has 0 radical (unpaired) electrons. The van der Waals surface area contributed by atoms with E-state index in [4.69, 9.17) is 9.73 Å². The molecule has 0 saturated heterocycles. The first kappa shape index (κ1) is 15.9. The molecule has 128 valence electrons. The van der Waals surface area contributed by atoms with Crippen molar-refractivity contribution in [3.05, 3.63) is 59.2 Å². The second-order valence-electron chi connectivity index (χ2n) is 6.87. The van der Waals surface area contributed by atoms with Crippen molar-refractivity contribution in [1.29, 1.82) is 0 Å². The maximum atomic E-state index is 11.8. The number of carboxylic acids is 1. The predicted molar refractivity (Wildman–Crippen MR) is 97.3 cm³/mol.